The predicted octanol–water partition coefficient (Wildman–Crippen LogP) is 5.70. The molecule has 0 aliphatic carbocycles. The largest absolute Gasteiger partial charge is 0.451 e. The lowest BCUT2D eigenvalue weighted by molar-refractivity contribution is -0.137. The molecule has 0 radical (unpaired) electrons. The summed E-state index contributed by atoms with van der Waals surface area (Å²) in [4.78, 5) is 15.0. The molecular weight excluding hydrogens is 467 g/mol. The summed E-state index contributed by atoms with van der Waals surface area (Å²) >= 11 is 0. The van der Waals surface area contributed by atoms with Crippen LogP contribution in [0.25, 0.3) is 11.0 Å². The highest BCUT2D eigenvalue weighted by Crippen LogP contribution is 2.33. The molecule has 2 aromatic carbocycles. The number of benzene rings is 2. The van der Waals surface area contributed by atoms with Crippen molar-refractivity contribution in [3.63, 3.8) is 0 Å². The van der Waals surface area contributed by atoms with Crippen molar-refractivity contribution in [1.29, 1.82) is 0 Å². The van der Waals surface area contributed by atoms with Crippen LogP contribution >= 0.6 is 0 Å². The van der Waals surface area contributed by atoms with Gasteiger partial charge in [-0.2, -0.15) is 13.2 Å². The minimum atomic E-state index is -4.31. The van der Waals surface area contributed by atoms with E-state index in [2.05, 4.69) is 21.6 Å². The number of nitrogens with zero attached hydrogens (tertiary/aromatic N) is 1. The van der Waals surface area contributed by atoms with E-state index in [4.69, 9.17) is 4.42 Å². The number of carbonyl (C=O) groups is 1. The van der Waals surface area contributed by atoms with Crippen LogP contribution in [0.1, 0.15) is 52.9 Å². The molecule has 2 fully saturated rings. The summed E-state index contributed by atoms with van der Waals surface area (Å²) in [5.41, 5.74) is 3.01. The lowest BCUT2D eigenvalue weighted by Crippen LogP contribution is -2.42. The topological polar surface area (TPSA) is 57.5 Å². The number of carbonyl (C=O) groups excluding carboxylic acids is 1. The first-order chi connectivity index (χ1) is 17.3. The van der Waals surface area contributed by atoms with E-state index in [1.165, 1.54) is 5.56 Å². The van der Waals surface area contributed by atoms with Crippen LogP contribution in [0, 0.1) is 12.8 Å². The van der Waals surface area contributed by atoms with Crippen LogP contribution in [-0.2, 0) is 12.6 Å². The Bertz CT molecular complexity index is 1210. The van der Waals surface area contributed by atoms with Crippen LogP contribution in [0.3, 0.4) is 0 Å². The average molecular weight is 500 g/mol. The van der Waals surface area contributed by atoms with Gasteiger partial charge in [0, 0.05) is 35.8 Å². The van der Waals surface area contributed by atoms with Crippen LogP contribution in [0.4, 0.5) is 18.9 Å². The van der Waals surface area contributed by atoms with Crippen molar-refractivity contribution in [1.82, 2.24) is 10.6 Å². The molecule has 8 heteroatoms. The van der Waals surface area contributed by atoms with E-state index in [1.54, 1.807) is 12.1 Å². The number of hydrogen-bond donors (Lipinski definition) is 2. The summed E-state index contributed by atoms with van der Waals surface area (Å²) in [6.07, 6.45) is 0.393. The van der Waals surface area contributed by atoms with Crippen LogP contribution in [0.5, 0.6) is 0 Å². The van der Waals surface area contributed by atoms with Gasteiger partial charge in [0.2, 0.25) is 0 Å². The first kappa shape index (κ1) is 24.7. The van der Waals surface area contributed by atoms with Crippen LogP contribution in [0.15, 0.2) is 46.9 Å². The van der Waals surface area contributed by atoms with Gasteiger partial charge in [0.25, 0.3) is 5.91 Å². The maximum Gasteiger partial charge on any atom is 0.416 e. The molecule has 0 unspecified atom stereocenters. The summed E-state index contributed by atoms with van der Waals surface area (Å²) < 4.78 is 44.5. The number of aryl methyl sites for hydroxylation is 1. The first-order valence-electron chi connectivity index (χ1n) is 12.7. The van der Waals surface area contributed by atoms with Gasteiger partial charge in [-0.1, -0.05) is 12.1 Å². The number of piperidine rings is 2. The number of rotatable bonds is 5. The fraction of sp³-hybridized carbons (Fsp3) is 0.464. The summed E-state index contributed by atoms with van der Waals surface area (Å²) in [7, 11) is 0. The van der Waals surface area contributed by atoms with Gasteiger partial charge in [-0.25, -0.2) is 0 Å². The van der Waals surface area contributed by atoms with Gasteiger partial charge >= 0.3 is 6.18 Å². The number of amides is 1. The first-order valence-corrected chi connectivity index (χ1v) is 12.7. The second-order valence-corrected chi connectivity index (χ2v) is 10.1. The molecule has 0 atom stereocenters. The third-order valence-electron chi connectivity index (χ3n) is 7.58. The van der Waals surface area contributed by atoms with Crippen molar-refractivity contribution in [3.05, 3.63) is 64.9 Å². The lowest BCUT2D eigenvalue weighted by atomic mass is 9.89. The molecule has 0 spiro atoms. The Morgan fingerprint density at radius 3 is 2.42 bits per heavy atom. The quantitative estimate of drug-likeness (QED) is 0.473. The van der Waals surface area contributed by atoms with E-state index in [0.29, 0.717) is 11.7 Å². The Morgan fingerprint density at radius 1 is 1.06 bits per heavy atom. The summed E-state index contributed by atoms with van der Waals surface area (Å²) in [5.74, 6) is 0.741. The third kappa shape index (κ3) is 5.38. The molecular formula is C28H32F3N3O2. The van der Waals surface area contributed by atoms with Gasteiger partial charge in [0.05, 0.1) is 5.56 Å². The minimum Gasteiger partial charge on any atom is -0.451 e. The van der Waals surface area contributed by atoms with E-state index < -0.39 is 11.7 Å². The molecule has 5 rings (SSSR count). The zero-order valence-corrected chi connectivity index (χ0v) is 20.5. The SMILES string of the molecule is Cc1c(C(=O)NC2CCNCC2)oc2cc(CC3CCN(c4ccc(C(F)(F)F)cc4)CC3)ccc12. The van der Waals surface area contributed by atoms with Crippen molar-refractivity contribution in [3.8, 4) is 0 Å². The van der Waals surface area contributed by atoms with Crippen molar-refractivity contribution >= 4 is 22.6 Å². The maximum atomic E-state index is 12.8. The van der Waals surface area contributed by atoms with Gasteiger partial charge < -0.3 is 20.0 Å². The summed E-state index contributed by atoms with van der Waals surface area (Å²) in [6.45, 7) is 5.39. The van der Waals surface area contributed by atoms with E-state index >= 15 is 0 Å². The van der Waals surface area contributed by atoms with Crippen LogP contribution < -0.4 is 15.5 Å². The number of fused-ring (bicyclic) bond motifs is 1. The van der Waals surface area contributed by atoms with Gasteiger partial charge in [-0.05, 0) is 93.9 Å². The predicted molar refractivity (Wildman–Crippen MR) is 134 cm³/mol. The molecule has 2 N–H and O–H groups in total. The van der Waals surface area contributed by atoms with Gasteiger partial charge in [0.1, 0.15) is 5.58 Å². The van der Waals surface area contributed by atoms with Crippen molar-refractivity contribution in [2.24, 2.45) is 5.92 Å². The number of hydrogen-bond acceptors (Lipinski definition) is 4. The second-order valence-electron chi connectivity index (χ2n) is 10.1. The van der Waals surface area contributed by atoms with E-state index in [9.17, 15) is 18.0 Å². The van der Waals surface area contributed by atoms with E-state index in [-0.39, 0.29) is 11.9 Å². The van der Waals surface area contributed by atoms with Crippen molar-refractivity contribution < 1.29 is 22.4 Å². The standard InChI is InChI=1S/C28H32F3N3O2/c1-18-24-7-2-20(17-25(24)36-26(18)27(35)33-22-8-12-32-13-9-22)16-19-10-14-34(15-11-19)23-5-3-21(4-6-23)28(29,30)31/h2-7,17,19,22,32H,8-16H2,1H3,(H,33,35). The third-order valence-corrected chi connectivity index (χ3v) is 7.58. The van der Waals surface area contributed by atoms with Crippen molar-refractivity contribution in [2.45, 2.75) is 51.2 Å². The molecule has 1 aromatic heterocycles. The molecule has 2 aliphatic heterocycles. The number of anilines is 1. The second kappa shape index (κ2) is 10.2. The van der Waals surface area contributed by atoms with Gasteiger partial charge in [-0.15, -0.1) is 0 Å². The van der Waals surface area contributed by atoms with E-state index in [0.717, 1.165) is 92.6 Å². The molecule has 0 saturated carbocycles. The Morgan fingerprint density at radius 2 is 1.75 bits per heavy atom. The average Bonchev–Trinajstić information content (AvgIpc) is 3.20. The summed E-state index contributed by atoms with van der Waals surface area (Å²) in [5, 5.41) is 7.38. The van der Waals surface area contributed by atoms with Gasteiger partial charge in [-0.3, -0.25) is 4.79 Å². The molecule has 3 heterocycles. The number of alkyl halides is 3. The van der Waals surface area contributed by atoms with Crippen LogP contribution in [0.2, 0.25) is 0 Å². The smallest absolute Gasteiger partial charge is 0.416 e. The molecule has 0 bridgehead atoms. The Labute approximate surface area is 209 Å². The maximum absolute atomic E-state index is 12.8. The lowest BCUT2D eigenvalue weighted by Gasteiger charge is -2.34. The zero-order valence-electron chi connectivity index (χ0n) is 20.5. The highest BCUT2D eigenvalue weighted by molar-refractivity contribution is 5.99. The van der Waals surface area contributed by atoms with Crippen molar-refractivity contribution in [2.75, 3.05) is 31.1 Å². The molecule has 2 saturated heterocycles. The fourth-order valence-electron chi connectivity index (χ4n) is 5.42. The van der Waals surface area contributed by atoms with Crippen LogP contribution in [-0.4, -0.2) is 38.1 Å². The fourth-order valence-corrected chi connectivity index (χ4v) is 5.42. The molecule has 1 amide bonds. The number of nitrogens with one attached hydrogen (secondary N) is 2. The highest BCUT2D eigenvalue weighted by Gasteiger charge is 2.30. The minimum absolute atomic E-state index is 0.146. The molecule has 192 valence electrons. The highest BCUT2D eigenvalue weighted by atomic mass is 19.4. The monoisotopic (exact) mass is 499 g/mol. The molecule has 3 aromatic rings. The number of halogens is 3. The Hall–Kier alpha value is -3.00. The number of furan rings is 1. The summed E-state index contributed by atoms with van der Waals surface area (Å²) in [6, 6.07) is 11.8. The normalized spacial score (nSPS) is 18.1. The van der Waals surface area contributed by atoms with Gasteiger partial charge in [0.15, 0.2) is 5.76 Å². The molecule has 5 nitrogen and oxygen atoms in total. The molecule has 36 heavy (non-hydrogen) atoms. The Balaban J connectivity index is 1.20. The zero-order chi connectivity index (χ0) is 25.3. The Kier molecular flexibility index (Phi) is 6.97. The molecule has 2 aliphatic rings. The van der Waals surface area contributed by atoms with E-state index in [1.807, 2.05) is 19.1 Å².